The number of methoxy groups -OCH3 is 1. The van der Waals surface area contributed by atoms with Crippen LogP contribution in [0.15, 0.2) is 71.1 Å². The lowest BCUT2D eigenvalue weighted by Crippen LogP contribution is -2.37. The second-order valence-corrected chi connectivity index (χ2v) is 10.2. The Morgan fingerprint density at radius 1 is 1.16 bits per heavy atom. The molecule has 194 valence electrons. The number of phenolic OH excluding ortho intramolecular Hbond substituents is 1. The Morgan fingerprint density at radius 2 is 1.97 bits per heavy atom. The van der Waals surface area contributed by atoms with Crippen molar-refractivity contribution in [2.24, 2.45) is 0 Å². The van der Waals surface area contributed by atoms with Gasteiger partial charge in [0.1, 0.15) is 18.1 Å². The summed E-state index contributed by atoms with van der Waals surface area (Å²) in [5.74, 6) is -0.247. The van der Waals surface area contributed by atoms with Crippen LogP contribution in [0.25, 0.3) is 0 Å². The molecule has 0 bridgehead atoms. The number of phenols is 1. The van der Waals surface area contributed by atoms with Gasteiger partial charge < -0.3 is 24.8 Å². The van der Waals surface area contributed by atoms with Gasteiger partial charge >= 0.3 is 5.97 Å². The Bertz CT molecular complexity index is 1280. The number of ketones is 1. The van der Waals surface area contributed by atoms with Crippen LogP contribution in [-0.4, -0.2) is 55.1 Å². The second-order valence-electron chi connectivity index (χ2n) is 10.2. The largest absolute Gasteiger partial charge is 0.508 e. The van der Waals surface area contributed by atoms with E-state index in [1.54, 1.807) is 25.3 Å². The molecule has 2 heterocycles. The Kier molecular flexibility index (Phi) is 7.07. The van der Waals surface area contributed by atoms with Gasteiger partial charge in [-0.2, -0.15) is 0 Å². The predicted octanol–water partition coefficient (Wildman–Crippen LogP) is 4.40. The average Bonchev–Trinajstić information content (AvgIpc) is 3.30. The number of carbonyl (C=O) groups is 2. The topological polar surface area (TPSA) is 88.1 Å². The van der Waals surface area contributed by atoms with Gasteiger partial charge in [0.05, 0.1) is 12.7 Å². The Hall–Kier alpha value is -3.58. The van der Waals surface area contributed by atoms with Crippen LogP contribution in [0.3, 0.4) is 0 Å². The van der Waals surface area contributed by atoms with Crippen LogP contribution in [0.2, 0.25) is 0 Å². The van der Waals surface area contributed by atoms with E-state index in [2.05, 4.69) is 10.2 Å². The lowest BCUT2D eigenvalue weighted by Gasteiger charge is -2.37. The number of Topliss-reactive ketones (excluding diaryl/α,β-unsaturated/α-hetero) is 1. The number of dihydropyridines is 1. The van der Waals surface area contributed by atoms with Crippen molar-refractivity contribution in [3.05, 3.63) is 82.2 Å². The van der Waals surface area contributed by atoms with Crippen molar-refractivity contribution in [3.8, 4) is 11.5 Å². The van der Waals surface area contributed by atoms with E-state index in [1.807, 2.05) is 44.3 Å². The first-order valence-corrected chi connectivity index (χ1v) is 12.9. The number of likely N-dealkylation sites (tertiary alicyclic amines) is 1. The van der Waals surface area contributed by atoms with Crippen molar-refractivity contribution in [2.75, 3.05) is 27.3 Å². The highest BCUT2D eigenvalue weighted by atomic mass is 16.5. The zero-order chi connectivity index (χ0) is 26.1. The summed E-state index contributed by atoms with van der Waals surface area (Å²) in [7, 11) is 3.68. The summed E-state index contributed by atoms with van der Waals surface area (Å²) in [6.07, 6.45) is 3.01. The van der Waals surface area contributed by atoms with Crippen molar-refractivity contribution in [3.63, 3.8) is 0 Å². The number of para-hydroxylation sites is 1. The Morgan fingerprint density at radius 3 is 2.70 bits per heavy atom. The normalized spacial score (nSPS) is 24.1. The molecule has 7 heteroatoms. The molecule has 2 N–H and O–H groups in total. The number of rotatable bonds is 6. The monoisotopic (exact) mass is 502 g/mol. The highest BCUT2D eigenvalue weighted by molar-refractivity contribution is 6.04. The second kappa shape index (κ2) is 10.4. The zero-order valence-electron chi connectivity index (χ0n) is 21.6. The molecule has 2 aromatic carbocycles. The van der Waals surface area contributed by atoms with Gasteiger partial charge in [0, 0.05) is 41.3 Å². The summed E-state index contributed by atoms with van der Waals surface area (Å²) in [6.45, 7) is 3.17. The van der Waals surface area contributed by atoms with Crippen LogP contribution in [0.4, 0.5) is 0 Å². The van der Waals surface area contributed by atoms with Gasteiger partial charge in [-0.1, -0.05) is 30.3 Å². The summed E-state index contributed by atoms with van der Waals surface area (Å²) in [5, 5.41) is 13.6. The van der Waals surface area contributed by atoms with Crippen molar-refractivity contribution >= 4 is 11.8 Å². The smallest absolute Gasteiger partial charge is 0.336 e. The summed E-state index contributed by atoms with van der Waals surface area (Å²) in [5.41, 5.74) is 4.17. The molecular weight excluding hydrogens is 468 g/mol. The molecule has 0 unspecified atom stereocenters. The van der Waals surface area contributed by atoms with Crippen LogP contribution in [0.5, 0.6) is 11.5 Å². The standard InChI is InChI=1S/C30H34N2O5/c1-18-27(30(35)37-17-21-9-7-13-32(21)2)28(19-8-6-10-22(33)14-19)29-24(31-18)15-20(16-25(29)34)23-11-4-5-12-26(23)36-3/h4-6,8,10-12,14,20-21,28,31,33H,7,9,13,15-17H2,1-3H3/t20-,21+,28-/m1/s1. The molecule has 1 fully saturated rings. The minimum Gasteiger partial charge on any atom is -0.508 e. The number of esters is 1. The minimum atomic E-state index is -0.608. The molecule has 0 radical (unpaired) electrons. The molecule has 37 heavy (non-hydrogen) atoms. The average molecular weight is 503 g/mol. The van der Waals surface area contributed by atoms with Crippen molar-refractivity contribution in [1.82, 2.24) is 10.2 Å². The Labute approximate surface area is 217 Å². The number of aromatic hydroxyl groups is 1. The van der Waals surface area contributed by atoms with E-state index in [4.69, 9.17) is 9.47 Å². The molecule has 7 nitrogen and oxygen atoms in total. The van der Waals surface area contributed by atoms with Crippen LogP contribution < -0.4 is 10.1 Å². The fraction of sp³-hybridized carbons (Fsp3) is 0.400. The molecule has 2 aliphatic heterocycles. The maximum atomic E-state index is 13.8. The van der Waals surface area contributed by atoms with Crippen molar-refractivity contribution in [1.29, 1.82) is 0 Å². The summed E-state index contributed by atoms with van der Waals surface area (Å²) in [4.78, 5) is 29.5. The van der Waals surface area contributed by atoms with E-state index in [1.165, 1.54) is 0 Å². The van der Waals surface area contributed by atoms with Crippen LogP contribution in [0.1, 0.15) is 55.6 Å². The van der Waals surface area contributed by atoms with Gasteiger partial charge in [-0.15, -0.1) is 0 Å². The van der Waals surface area contributed by atoms with Crippen LogP contribution in [-0.2, 0) is 14.3 Å². The molecule has 2 aromatic rings. The molecule has 0 spiro atoms. The fourth-order valence-corrected chi connectivity index (χ4v) is 6.01. The third kappa shape index (κ3) is 4.88. The van der Waals surface area contributed by atoms with Gasteiger partial charge in [0.2, 0.25) is 0 Å². The highest BCUT2D eigenvalue weighted by Crippen LogP contribution is 2.47. The number of nitrogens with zero attached hydrogens (tertiary/aromatic N) is 1. The Balaban J connectivity index is 1.50. The molecule has 0 aromatic heterocycles. The number of hydrogen-bond donors (Lipinski definition) is 2. The number of ether oxygens (including phenoxy) is 2. The first-order valence-electron chi connectivity index (χ1n) is 12.9. The van der Waals surface area contributed by atoms with E-state index in [-0.39, 0.29) is 23.5 Å². The maximum absolute atomic E-state index is 13.8. The third-order valence-corrected chi connectivity index (χ3v) is 7.91. The molecule has 5 rings (SSSR count). The molecular formula is C30H34N2O5. The van der Waals surface area contributed by atoms with Crippen LogP contribution >= 0.6 is 0 Å². The zero-order valence-corrected chi connectivity index (χ0v) is 21.6. The van der Waals surface area contributed by atoms with Crippen molar-refractivity contribution < 1.29 is 24.2 Å². The first-order chi connectivity index (χ1) is 17.9. The number of carbonyl (C=O) groups excluding carboxylic acids is 2. The van der Waals surface area contributed by atoms with E-state index >= 15 is 0 Å². The van der Waals surface area contributed by atoms with E-state index < -0.39 is 11.9 Å². The number of allylic oxidation sites excluding steroid dienone is 3. The minimum absolute atomic E-state index is 0.0219. The van der Waals surface area contributed by atoms with Gasteiger partial charge in [-0.05, 0) is 69.1 Å². The van der Waals surface area contributed by atoms with Crippen LogP contribution in [0, 0.1) is 0 Å². The molecule has 0 amide bonds. The molecule has 3 aliphatic rings. The number of hydrogen-bond acceptors (Lipinski definition) is 7. The SMILES string of the molecule is COc1ccccc1[C@H]1CC(=O)C2=C(C1)NC(C)=C(C(=O)OC[C@@H]1CCCN1C)[C@H]2c1cccc(O)c1. The number of nitrogens with one attached hydrogen (secondary N) is 1. The summed E-state index contributed by atoms with van der Waals surface area (Å²) >= 11 is 0. The predicted molar refractivity (Wildman–Crippen MR) is 140 cm³/mol. The lowest BCUT2D eigenvalue weighted by molar-refractivity contribution is -0.140. The van der Waals surface area contributed by atoms with E-state index in [9.17, 15) is 14.7 Å². The molecule has 0 saturated carbocycles. The quantitative estimate of drug-likeness (QED) is 0.566. The maximum Gasteiger partial charge on any atom is 0.336 e. The third-order valence-electron chi connectivity index (χ3n) is 7.91. The fourth-order valence-electron chi connectivity index (χ4n) is 6.01. The number of benzene rings is 2. The lowest BCUT2D eigenvalue weighted by atomic mass is 9.71. The van der Waals surface area contributed by atoms with Gasteiger partial charge in [-0.25, -0.2) is 4.79 Å². The van der Waals surface area contributed by atoms with Gasteiger partial charge in [0.15, 0.2) is 5.78 Å². The van der Waals surface area contributed by atoms with Gasteiger partial charge in [0.25, 0.3) is 0 Å². The first kappa shape index (κ1) is 25.1. The molecule has 1 aliphatic carbocycles. The van der Waals surface area contributed by atoms with Crippen molar-refractivity contribution in [2.45, 2.75) is 50.5 Å². The highest BCUT2D eigenvalue weighted by Gasteiger charge is 2.42. The van der Waals surface area contributed by atoms with Gasteiger partial charge in [-0.3, -0.25) is 4.79 Å². The molecule has 3 atom stereocenters. The van der Waals surface area contributed by atoms with E-state index in [0.29, 0.717) is 41.9 Å². The summed E-state index contributed by atoms with van der Waals surface area (Å²) in [6, 6.07) is 14.8. The van der Waals surface area contributed by atoms with E-state index in [0.717, 1.165) is 36.4 Å². The number of likely N-dealkylation sites (N-methyl/N-ethyl adjacent to an activating group) is 1. The molecule has 1 saturated heterocycles. The summed E-state index contributed by atoms with van der Waals surface area (Å²) < 4.78 is 11.4.